The molecule has 0 saturated carbocycles. The zero-order chi connectivity index (χ0) is 22.0. The van der Waals surface area contributed by atoms with Crippen LogP contribution in [0.4, 0.5) is 5.69 Å². The molecule has 2 aromatic carbocycles. The first-order valence-electron chi connectivity index (χ1n) is 9.99. The summed E-state index contributed by atoms with van der Waals surface area (Å²) < 4.78 is 3.53. The molecule has 1 amide bonds. The Hall–Kier alpha value is -2.84. The molecule has 0 fully saturated rings. The molecule has 0 unspecified atom stereocenters. The lowest BCUT2D eigenvalue weighted by molar-refractivity contribution is -0.113. The molecule has 0 aliphatic carbocycles. The van der Waals surface area contributed by atoms with Crippen LogP contribution in [0.25, 0.3) is 16.7 Å². The number of thioether (sulfide) groups is 1. The van der Waals surface area contributed by atoms with E-state index >= 15 is 0 Å². The molecule has 4 rings (SSSR count). The van der Waals surface area contributed by atoms with Crippen LogP contribution >= 0.6 is 23.4 Å². The van der Waals surface area contributed by atoms with E-state index in [4.69, 9.17) is 11.6 Å². The maximum Gasteiger partial charge on any atom is 0.262 e. The molecule has 31 heavy (non-hydrogen) atoms. The van der Waals surface area contributed by atoms with Crippen LogP contribution in [0.3, 0.4) is 0 Å². The molecule has 1 N–H and O–H groups in total. The summed E-state index contributed by atoms with van der Waals surface area (Å²) in [4.78, 5) is 25.5. The summed E-state index contributed by atoms with van der Waals surface area (Å²) in [5.74, 6) is 0.904. The Labute approximate surface area is 188 Å². The zero-order valence-electron chi connectivity index (χ0n) is 17.2. The molecular weight excluding hydrogens is 434 g/mol. The number of anilines is 1. The second-order valence-electron chi connectivity index (χ2n) is 7.62. The normalized spacial score (nSPS) is 11.5. The predicted molar refractivity (Wildman–Crippen MR) is 125 cm³/mol. The number of halogens is 1. The molecule has 160 valence electrons. The average Bonchev–Trinajstić information content (AvgIpc) is 3.16. The van der Waals surface area contributed by atoms with Gasteiger partial charge in [0.25, 0.3) is 5.56 Å². The summed E-state index contributed by atoms with van der Waals surface area (Å²) in [6.07, 6.45) is 0.852. The van der Waals surface area contributed by atoms with E-state index in [1.54, 1.807) is 28.8 Å². The summed E-state index contributed by atoms with van der Waals surface area (Å²) in [5.41, 5.74) is 1.29. The minimum Gasteiger partial charge on any atom is -0.325 e. The minimum absolute atomic E-state index is 0.0774. The standard InChI is InChI=1S/C22H22ClN5O2S/c1-14(2)10-11-27-20(30)17-8-3-4-9-18(17)28-21(27)25-26-22(28)31-13-19(29)24-16-7-5-6-15(23)12-16/h3-9,12,14H,10-11,13H2,1-2H3,(H,24,29). The highest BCUT2D eigenvalue weighted by molar-refractivity contribution is 7.99. The third kappa shape index (κ3) is 4.60. The second kappa shape index (κ2) is 9.11. The maximum absolute atomic E-state index is 13.1. The Bertz CT molecular complexity index is 1310. The Balaban J connectivity index is 1.65. The summed E-state index contributed by atoms with van der Waals surface area (Å²) >= 11 is 7.25. The van der Waals surface area contributed by atoms with Crippen molar-refractivity contribution in [3.05, 3.63) is 63.9 Å². The Morgan fingerprint density at radius 2 is 1.97 bits per heavy atom. The first-order valence-corrected chi connectivity index (χ1v) is 11.4. The molecule has 9 heteroatoms. The Kier molecular flexibility index (Phi) is 6.29. The lowest BCUT2D eigenvalue weighted by Gasteiger charge is -2.12. The first kappa shape index (κ1) is 21.4. The van der Waals surface area contributed by atoms with Crippen molar-refractivity contribution in [1.82, 2.24) is 19.2 Å². The van der Waals surface area contributed by atoms with Crippen LogP contribution in [0.1, 0.15) is 20.3 Å². The number of nitrogens with zero attached hydrogens (tertiary/aromatic N) is 4. The van der Waals surface area contributed by atoms with E-state index in [0.29, 0.717) is 39.5 Å². The molecule has 0 radical (unpaired) electrons. The van der Waals surface area contributed by atoms with Gasteiger partial charge in [-0.3, -0.25) is 18.6 Å². The van der Waals surface area contributed by atoms with Gasteiger partial charge in [0.1, 0.15) is 0 Å². The molecule has 0 saturated heterocycles. The number of hydrogen-bond acceptors (Lipinski definition) is 5. The van der Waals surface area contributed by atoms with Crippen molar-refractivity contribution < 1.29 is 4.79 Å². The fourth-order valence-electron chi connectivity index (χ4n) is 3.31. The number of nitrogens with one attached hydrogen (secondary N) is 1. The number of amides is 1. The van der Waals surface area contributed by atoms with Gasteiger partial charge in [-0.1, -0.05) is 55.4 Å². The molecular formula is C22H22ClN5O2S. The lowest BCUT2D eigenvalue weighted by Crippen LogP contribution is -2.24. The van der Waals surface area contributed by atoms with E-state index in [1.165, 1.54) is 11.8 Å². The smallest absolute Gasteiger partial charge is 0.262 e. The topological polar surface area (TPSA) is 81.3 Å². The van der Waals surface area contributed by atoms with Crippen molar-refractivity contribution in [2.75, 3.05) is 11.1 Å². The van der Waals surface area contributed by atoms with Crippen molar-refractivity contribution >= 4 is 51.6 Å². The highest BCUT2D eigenvalue weighted by atomic mass is 35.5. The van der Waals surface area contributed by atoms with Crippen LogP contribution in [0.5, 0.6) is 0 Å². The van der Waals surface area contributed by atoms with Crippen LogP contribution in [-0.4, -0.2) is 30.8 Å². The number of aryl methyl sites for hydroxylation is 1. The van der Waals surface area contributed by atoms with Crippen LogP contribution in [-0.2, 0) is 11.3 Å². The molecule has 0 atom stereocenters. The van der Waals surface area contributed by atoms with E-state index in [9.17, 15) is 9.59 Å². The van der Waals surface area contributed by atoms with Gasteiger partial charge in [-0.05, 0) is 42.7 Å². The highest BCUT2D eigenvalue weighted by Gasteiger charge is 2.17. The van der Waals surface area contributed by atoms with Gasteiger partial charge < -0.3 is 5.32 Å². The molecule has 0 spiro atoms. The Morgan fingerprint density at radius 1 is 1.16 bits per heavy atom. The Morgan fingerprint density at radius 3 is 2.74 bits per heavy atom. The van der Waals surface area contributed by atoms with E-state index in [-0.39, 0.29) is 17.2 Å². The lowest BCUT2D eigenvalue weighted by atomic mass is 10.1. The third-order valence-corrected chi connectivity index (χ3v) is 6.01. The molecule has 2 heterocycles. The number of hydrogen-bond donors (Lipinski definition) is 1. The van der Waals surface area contributed by atoms with Crippen molar-refractivity contribution in [2.24, 2.45) is 5.92 Å². The highest BCUT2D eigenvalue weighted by Crippen LogP contribution is 2.22. The third-order valence-electron chi connectivity index (χ3n) is 4.85. The van der Waals surface area contributed by atoms with Crippen LogP contribution in [0.2, 0.25) is 5.02 Å². The van der Waals surface area contributed by atoms with E-state index in [0.717, 1.165) is 11.9 Å². The monoisotopic (exact) mass is 455 g/mol. The quantitative estimate of drug-likeness (QED) is 0.416. The number of para-hydroxylation sites is 1. The number of benzene rings is 2. The van der Waals surface area contributed by atoms with Gasteiger partial charge >= 0.3 is 0 Å². The molecule has 2 aromatic heterocycles. The first-order chi connectivity index (χ1) is 14.9. The summed E-state index contributed by atoms with van der Waals surface area (Å²) in [5, 5.41) is 13.1. The fourth-order valence-corrected chi connectivity index (χ4v) is 4.24. The minimum atomic E-state index is -0.179. The summed E-state index contributed by atoms with van der Waals surface area (Å²) in [6, 6.07) is 14.4. The molecule has 0 bridgehead atoms. The van der Waals surface area contributed by atoms with Gasteiger partial charge in [0.15, 0.2) is 5.16 Å². The van der Waals surface area contributed by atoms with Gasteiger partial charge in [0, 0.05) is 17.3 Å². The van der Waals surface area contributed by atoms with Crippen LogP contribution in [0.15, 0.2) is 58.5 Å². The fraction of sp³-hybridized carbons (Fsp3) is 0.273. The van der Waals surface area contributed by atoms with E-state index in [1.807, 2.05) is 28.7 Å². The summed E-state index contributed by atoms with van der Waals surface area (Å²) in [7, 11) is 0. The van der Waals surface area contributed by atoms with Crippen molar-refractivity contribution in [3.63, 3.8) is 0 Å². The molecule has 0 aliphatic heterocycles. The van der Waals surface area contributed by atoms with Crippen LogP contribution in [0, 0.1) is 5.92 Å². The van der Waals surface area contributed by atoms with Gasteiger partial charge in [-0.15, -0.1) is 10.2 Å². The van der Waals surface area contributed by atoms with Gasteiger partial charge in [-0.25, -0.2) is 0 Å². The van der Waals surface area contributed by atoms with E-state index < -0.39 is 0 Å². The van der Waals surface area contributed by atoms with Crippen molar-refractivity contribution in [3.8, 4) is 0 Å². The SMILES string of the molecule is CC(C)CCn1c(=O)c2ccccc2n2c(SCC(=O)Nc3cccc(Cl)c3)nnc12. The van der Waals surface area contributed by atoms with Crippen LogP contribution < -0.4 is 10.9 Å². The average molecular weight is 456 g/mol. The van der Waals surface area contributed by atoms with Gasteiger partial charge in [0.05, 0.1) is 16.7 Å². The number of rotatable bonds is 7. The number of carbonyl (C=O) groups is 1. The molecule has 7 nitrogen and oxygen atoms in total. The van der Waals surface area contributed by atoms with Gasteiger partial charge in [0.2, 0.25) is 11.7 Å². The molecule has 4 aromatic rings. The second-order valence-corrected chi connectivity index (χ2v) is 9.00. The number of fused-ring (bicyclic) bond motifs is 3. The number of aromatic nitrogens is 4. The zero-order valence-corrected chi connectivity index (χ0v) is 18.8. The van der Waals surface area contributed by atoms with Crippen molar-refractivity contribution in [1.29, 1.82) is 0 Å². The van der Waals surface area contributed by atoms with Gasteiger partial charge in [-0.2, -0.15) is 0 Å². The largest absolute Gasteiger partial charge is 0.325 e. The van der Waals surface area contributed by atoms with Crippen molar-refractivity contribution in [2.45, 2.75) is 32.0 Å². The predicted octanol–water partition coefficient (Wildman–Crippen LogP) is 4.47. The summed E-state index contributed by atoms with van der Waals surface area (Å²) in [6.45, 7) is 4.79. The molecule has 0 aliphatic rings. The number of carbonyl (C=O) groups excluding carboxylic acids is 1. The maximum atomic E-state index is 13.1. The van der Waals surface area contributed by atoms with E-state index in [2.05, 4.69) is 29.4 Å².